The Bertz CT molecular complexity index is 412. The lowest BCUT2D eigenvalue weighted by Crippen LogP contribution is -2.10. The maximum absolute atomic E-state index is 13.6. The Balaban J connectivity index is 3.34. The molecule has 1 aromatic rings. The van der Waals surface area contributed by atoms with E-state index in [1.165, 1.54) is 0 Å². The SMILES string of the molecule is COC(=O)c1cnc(C(F)F)c(CCl)c1F. The zero-order valence-corrected chi connectivity index (χ0v) is 8.89. The van der Waals surface area contributed by atoms with E-state index in [1.807, 2.05) is 0 Å². The van der Waals surface area contributed by atoms with Gasteiger partial charge in [0.2, 0.25) is 0 Å². The van der Waals surface area contributed by atoms with Crippen LogP contribution in [0.5, 0.6) is 0 Å². The summed E-state index contributed by atoms with van der Waals surface area (Å²) in [6.07, 6.45) is -2.24. The molecule has 0 aromatic carbocycles. The van der Waals surface area contributed by atoms with Crippen LogP contribution in [-0.4, -0.2) is 18.1 Å². The number of esters is 1. The molecule has 0 N–H and O–H groups in total. The van der Waals surface area contributed by atoms with Gasteiger partial charge >= 0.3 is 5.97 Å². The minimum Gasteiger partial charge on any atom is -0.465 e. The number of rotatable bonds is 3. The number of methoxy groups -OCH3 is 1. The summed E-state index contributed by atoms with van der Waals surface area (Å²) in [5, 5.41) is 0. The van der Waals surface area contributed by atoms with E-state index in [0.717, 1.165) is 7.11 Å². The smallest absolute Gasteiger partial charge is 0.342 e. The highest BCUT2D eigenvalue weighted by Crippen LogP contribution is 2.26. The standard InChI is InChI=1S/C9H7ClF3NO2/c1-16-9(15)5-3-14-7(8(12)13)4(2-10)6(5)11/h3,8H,2H2,1H3. The van der Waals surface area contributed by atoms with Gasteiger partial charge < -0.3 is 4.74 Å². The average molecular weight is 254 g/mol. The highest BCUT2D eigenvalue weighted by atomic mass is 35.5. The summed E-state index contributed by atoms with van der Waals surface area (Å²) in [7, 11) is 1.04. The second kappa shape index (κ2) is 5.16. The first-order valence-electron chi connectivity index (χ1n) is 4.12. The maximum atomic E-state index is 13.6. The number of pyridine rings is 1. The first-order valence-corrected chi connectivity index (χ1v) is 4.66. The lowest BCUT2D eigenvalue weighted by atomic mass is 10.1. The molecule has 16 heavy (non-hydrogen) atoms. The molecule has 0 radical (unpaired) electrons. The van der Waals surface area contributed by atoms with Crippen molar-refractivity contribution in [2.24, 2.45) is 0 Å². The number of nitrogens with zero attached hydrogens (tertiary/aromatic N) is 1. The molecule has 88 valence electrons. The summed E-state index contributed by atoms with van der Waals surface area (Å²) in [6.45, 7) is 0. The summed E-state index contributed by atoms with van der Waals surface area (Å²) in [5.74, 6) is -2.60. The van der Waals surface area contributed by atoms with Crippen LogP contribution >= 0.6 is 11.6 Å². The van der Waals surface area contributed by atoms with Crippen molar-refractivity contribution < 1.29 is 22.7 Å². The van der Waals surface area contributed by atoms with E-state index in [-0.39, 0.29) is 0 Å². The summed E-state index contributed by atoms with van der Waals surface area (Å²) < 4.78 is 42.7. The molecular weight excluding hydrogens is 247 g/mol. The van der Waals surface area contributed by atoms with E-state index in [0.29, 0.717) is 6.20 Å². The minimum absolute atomic E-state index is 0.487. The van der Waals surface area contributed by atoms with Crippen molar-refractivity contribution >= 4 is 17.6 Å². The van der Waals surface area contributed by atoms with Crippen LogP contribution in [0.25, 0.3) is 0 Å². The number of hydrogen-bond acceptors (Lipinski definition) is 3. The third kappa shape index (κ3) is 2.27. The monoisotopic (exact) mass is 253 g/mol. The zero-order valence-electron chi connectivity index (χ0n) is 8.14. The normalized spacial score (nSPS) is 10.6. The number of carbonyl (C=O) groups is 1. The van der Waals surface area contributed by atoms with Crippen LogP contribution in [0, 0.1) is 5.82 Å². The first-order chi connectivity index (χ1) is 7.52. The van der Waals surface area contributed by atoms with Crippen LogP contribution < -0.4 is 0 Å². The number of ether oxygens (including phenoxy) is 1. The number of hydrogen-bond donors (Lipinski definition) is 0. The molecule has 0 amide bonds. The molecule has 0 aliphatic heterocycles. The Morgan fingerprint density at radius 3 is 2.69 bits per heavy atom. The van der Waals surface area contributed by atoms with E-state index in [1.54, 1.807) is 0 Å². The van der Waals surface area contributed by atoms with Crippen molar-refractivity contribution in [1.82, 2.24) is 4.98 Å². The zero-order chi connectivity index (χ0) is 12.3. The van der Waals surface area contributed by atoms with E-state index in [9.17, 15) is 18.0 Å². The van der Waals surface area contributed by atoms with Crippen LogP contribution in [0.3, 0.4) is 0 Å². The topological polar surface area (TPSA) is 39.2 Å². The molecule has 0 aliphatic rings. The Hall–Kier alpha value is -1.30. The Morgan fingerprint density at radius 1 is 1.62 bits per heavy atom. The van der Waals surface area contributed by atoms with Crippen molar-refractivity contribution in [2.75, 3.05) is 7.11 Å². The van der Waals surface area contributed by atoms with Crippen LogP contribution in [0.1, 0.15) is 28.0 Å². The van der Waals surface area contributed by atoms with Gasteiger partial charge in [-0.2, -0.15) is 0 Å². The van der Waals surface area contributed by atoms with E-state index in [2.05, 4.69) is 9.72 Å². The molecule has 0 spiro atoms. The summed E-state index contributed by atoms with van der Waals surface area (Å²) >= 11 is 5.34. The molecule has 1 aromatic heterocycles. The number of alkyl halides is 3. The third-order valence-electron chi connectivity index (χ3n) is 1.89. The van der Waals surface area contributed by atoms with Gasteiger partial charge in [0.15, 0.2) is 0 Å². The summed E-state index contributed by atoms with van der Waals surface area (Å²) in [4.78, 5) is 14.4. The van der Waals surface area contributed by atoms with Gasteiger partial charge in [-0.3, -0.25) is 4.98 Å². The van der Waals surface area contributed by atoms with Gasteiger partial charge in [-0.25, -0.2) is 18.0 Å². The second-order valence-corrected chi connectivity index (χ2v) is 3.04. The predicted molar refractivity (Wildman–Crippen MR) is 50.0 cm³/mol. The average Bonchev–Trinajstić information content (AvgIpc) is 2.27. The van der Waals surface area contributed by atoms with Crippen molar-refractivity contribution in [3.63, 3.8) is 0 Å². The van der Waals surface area contributed by atoms with E-state index in [4.69, 9.17) is 11.6 Å². The van der Waals surface area contributed by atoms with E-state index < -0.39 is 40.9 Å². The number of carbonyl (C=O) groups excluding carboxylic acids is 1. The number of halogens is 4. The van der Waals surface area contributed by atoms with Gasteiger partial charge in [-0.05, 0) is 0 Å². The van der Waals surface area contributed by atoms with E-state index >= 15 is 0 Å². The summed E-state index contributed by atoms with van der Waals surface area (Å²) in [6, 6.07) is 0. The van der Waals surface area contributed by atoms with Crippen molar-refractivity contribution in [3.8, 4) is 0 Å². The molecule has 0 atom stereocenters. The fourth-order valence-corrected chi connectivity index (χ4v) is 1.37. The molecule has 0 fully saturated rings. The van der Waals surface area contributed by atoms with Gasteiger partial charge in [0.25, 0.3) is 6.43 Å². The highest BCUT2D eigenvalue weighted by molar-refractivity contribution is 6.17. The minimum atomic E-state index is -2.95. The predicted octanol–water partition coefficient (Wildman–Crippen LogP) is 2.68. The fraction of sp³-hybridized carbons (Fsp3) is 0.333. The quantitative estimate of drug-likeness (QED) is 0.614. The molecule has 1 heterocycles. The third-order valence-corrected chi connectivity index (χ3v) is 2.16. The van der Waals surface area contributed by atoms with Gasteiger partial charge in [0.1, 0.15) is 17.1 Å². The highest BCUT2D eigenvalue weighted by Gasteiger charge is 2.23. The van der Waals surface area contributed by atoms with Crippen LogP contribution in [0.2, 0.25) is 0 Å². The molecule has 0 bridgehead atoms. The van der Waals surface area contributed by atoms with Crippen molar-refractivity contribution in [2.45, 2.75) is 12.3 Å². The Morgan fingerprint density at radius 2 is 2.25 bits per heavy atom. The Labute approximate surface area is 94.2 Å². The first kappa shape index (κ1) is 12.8. The molecular formula is C9H7ClF3NO2. The molecule has 0 aliphatic carbocycles. The van der Waals surface area contributed by atoms with Gasteiger partial charge in [-0.15, -0.1) is 11.6 Å². The second-order valence-electron chi connectivity index (χ2n) is 2.78. The molecule has 3 nitrogen and oxygen atoms in total. The number of aromatic nitrogens is 1. The van der Waals surface area contributed by atoms with Crippen LogP contribution in [0.15, 0.2) is 6.20 Å². The molecule has 0 saturated carbocycles. The summed E-state index contributed by atoms with van der Waals surface area (Å²) in [5.41, 5.74) is -1.76. The molecule has 1 rings (SSSR count). The van der Waals surface area contributed by atoms with Crippen molar-refractivity contribution in [3.05, 3.63) is 28.8 Å². The van der Waals surface area contributed by atoms with Gasteiger partial charge in [-0.1, -0.05) is 0 Å². The van der Waals surface area contributed by atoms with Gasteiger partial charge in [0.05, 0.1) is 13.0 Å². The molecule has 7 heteroatoms. The van der Waals surface area contributed by atoms with Gasteiger partial charge in [0, 0.05) is 11.8 Å². The van der Waals surface area contributed by atoms with Crippen LogP contribution in [-0.2, 0) is 10.6 Å². The maximum Gasteiger partial charge on any atom is 0.342 e. The Kier molecular flexibility index (Phi) is 4.12. The fourth-order valence-electron chi connectivity index (χ4n) is 1.11. The lowest BCUT2D eigenvalue weighted by molar-refractivity contribution is 0.0593. The molecule has 0 unspecified atom stereocenters. The molecule has 0 saturated heterocycles. The lowest BCUT2D eigenvalue weighted by Gasteiger charge is -2.09. The van der Waals surface area contributed by atoms with Crippen molar-refractivity contribution in [1.29, 1.82) is 0 Å². The van der Waals surface area contributed by atoms with Crippen LogP contribution in [0.4, 0.5) is 13.2 Å². The largest absolute Gasteiger partial charge is 0.465 e.